The van der Waals surface area contributed by atoms with Crippen molar-refractivity contribution in [2.24, 2.45) is 15.9 Å². The van der Waals surface area contributed by atoms with Crippen LogP contribution in [0, 0.1) is 12.8 Å². The number of alkyl halides is 3. The van der Waals surface area contributed by atoms with E-state index in [2.05, 4.69) is 88.4 Å². The number of ether oxygens (including phenoxy) is 1. The van der Waals surface area contributed by atoms with Crippen molar-refractivity contribution in [1.82, 2.24) is 10.2 Å². The molecular formula is C41H58I2N4O2. The molecule has 2 bridgehead atoms. The van der Waals surface area contributed by atoms with Crippen LogP contribution in [0.1, 0.15) is 94.7 Å². The van der Waals surface area contributed by atoms with Gasteiger partial charge in [-0.25, -0.2) is 4.99 Å². The number of carbonyl (C=O) groups excluding carboxylic acids is 1. The van der Waals surface area contributed by atoms with E-state index in [4.69, 9.17) is 9.73 Å². The number of nitrogens with one attached hydrogen (secondary N) is 1. The first-order valence-electron chi connectivity index (χ1n) is 18.2. The molecule has 6 nitrogen and oxygen atoms in total. The van der Waals surface area contributed by atoms with Crippen LogP contribution in [0.2, 0.25) is 0 Å². The average molecular weight is 893 g/mol. The molecule has 1 saturated heterocycles. The first kappa shape index (κ1) is 38.5. The summed E-state index contributed by atoms with van der Waals surface area (Å²) in [4.78, 5) is 27.3. The number of likely N-dealkylation sites (tertiary alicyclic amines) is 1. The molecule has 5 rings (SSSR count). The summed E-state index contributed by atoms with van der Waals surface area (Å²) in [7, 11) is 1.78. The predicted molar refractivity (Wildman–Crippen MR) is 228 cm³/mol. The molecule has 1 unspecified atom stereocenters. The Bertz CT molecular complexity index is 1540. The number of hydrogen-bond donors (Lipinski definition) is 1. The van der Waals surface area contributed by atoms with E-state index in [1.807, 2.05) is 0 Å². The molecule has 4 aliphatic rings. The number of benzene rings is 1. The molecule has 1 aromatic carbocycles. The van der Waals surface area contributed by atoms with Gasteiger partial charge in [-0.15, -0.1) is 0 Å². The number of piperidine rings is 1. The number of halogens is 2. The molecule has 1 fully saturated rings. The van der Waals surface area contributed by atoms with Gasteiger partial charge in [-0.1, -0.05) is 19.4 Å². The topological polar surface area (TPSA) is 66.3 Å². The third-order valence-electron chi connectivity index (χ3n) is 10.2. The van der Waals surface area contributed by atoms with Gasteiger partial charge in [0.15, 0.2) is 0 Å². The molecule has 0 radical (unpaired) electrons. The Hall–Kier alpha value is -1.76. The molecular weight excluding hydrogens is 834 g/mol. The number of methoxy groups -OCH3 is 1. The van der Waals surface area contributed by atoms with Gasteiger partial charge in [-0.2, -0.15) is 0 Å². The molecule has 268 valence electrons. The van der Waals surface area contributed by atoms with Gasteiger partial charge in [-0.3, -0.25) is 4.99 Å². The Balaban J connectivity index is 1.34. The fraction of sp³-hybridized carbons (Fsp3) is 0.561. The number of rotatable bonds is 14. The van der Waals surface area contributed by atoms with E-state index in [9.17, 15) is 4.79 Å². The van der Waals surface area contributed by atoms with Crippen molar-refractivity contribution in [3.8, 4) is 0 Å². The first-order valence-corrected chi connectivity index (χ1v) is 25.8. The van der Waals surface area contributed by atoms with Crippen molar-refractivity contribution in [2.45, 2.75) is 91.0 Å². The van der Waals surface area contributed by atoms with Crippen molar-refractivity contribution < 1.29 is 9.53 Å². The molecule has 1 aliphatic carbocycles. The van der Waals surface area contributed by atoms with Crippen LogP contribution in [0.25, 0.3) is 5.57 Å². The Kier molecular flexibility index (Phi) is 15.1. The summed E-state index contributed by atoms with van der Waals surface area (Å²) in [6.07, 6.45) is 17.2. The summed E-state index contributed by atoms with van der Waals surface area (Å²) in [5.74, 6) is 0.914. The Labute approximate surface area is 313 Å². The van der Waals surface area contributed by atoms with Gasteiger partial charge in [-0.05, 0) is 24.5 Å². The van der Waals surface area contributed by atoms with Gasteiger partial charge in [0, 0.05) is 19.2 Å². The molecule has 49 heavy (non-hydrogen) atoms. The Morgan fingerprint density at radius 2 is 2.02 bits per heavy atom. The number of hydrogen-bond acceptors (Lipinski definition) is 6. The van der Waals surface area contributed by atoms with Crippen molar-refractivity contribution in [1.29, 1.82) is 0 Å². The van der Waals surface area contributed by atoms with Gasteiger partial charge in [0.1, 0.15) is 6.34 Å². The summed E-state index contributed by atoms with van der Waals surface area (Å²) in [6, 6.07) is 7.55. The van der Waals surface area contributed by atoms with Gasteiger partial charge in [0.25, 0.3) is 0 Å². The van der Waals surface area contributed by atoms with Crippen LogP contribution in [0.15, 0.2) is 68.8 Å². The first-order chi connectivity index (χ1) is 23.8. The fourth-order valence-electron chi connectivity index (χ4n) is 7.43. The molecule has 0 aromatic heterocycles. The van der Waals surface area contributed by atoms with Crippen LogP contribution in [0.3, 0.4) is 0 Å². The Morgan fingerprint density at radius 1 is 1.20 bits per heavy atom. The van der Waals surface area contributed by atoms with E-state index in [0.29, 0.717) is 34.8 Å². The van der Waals surface area contributed by atoms with Gasteiger partial charge in [0.2, 0.25) is 0 Å². The van der Waals surface area contributed by atoms with E-state index in [0.717, 1.165) is 79.1 Å². The van der Waals surface area contributed by atoms with E-state index in [1.54, 1.807) is 13.4 Å². The number of aryl methyl sites for hydroxylation is 1. The number of nitrogens with zero attached hydrogens (tertiary/aromatic N) is 3. The van der Waals surface area contributed by atoms with Gasteiger partial charge in [0.05, 0.1) is 12.6 Å². The predicted octanol–water partition coefficient (Wildman–Crippen LogP) is 9.19. The van der Waals surface area contributed by atoms with Crippen LogP contribution in [-0.4, -0.2) is 78.1 Å². The monoisotopic (exact) mass is 892 g/mol. The summed E-state index contributed by atoms with van der Waals surface area (Å²) >= 11 is -1.42. The number of fused-ring (bicyclic) bond motifs is 2. The van der Waals surface area contributed by atoms with Crippen LogP contribution in [-0.2, 0) is 9.53 Å². The second-order valence-electron chi connectivity index (χ2n) is 14.2. The summed E-state index contributed by atoms with van der Waals surface area (Å²) in [5, 5.41) is 3.39. The summed E-state index contributed by atoms with van der Waals surface area (Å²) in [5.41, 5.74) is 12.2. The second kappa shape index (κ2) is 19.2. The van der Waals surface area contributed by atoms with Crippen molar-refractivity contribution >= 4 is 66.0 Å². The Morgan fingerprint density at radius 3 is 2.73 bits per heavy atom. The molecule has 0 spiro atoms. The van der Waals surface area contributed by atoms with Crippen LogP contribution in [0.5, 0.6) is 0 Å². The third kappa shape index (κ3) is 10.6. The molecule has 0 amide bonds. The third-order valence-corrected chi connectivity index (χ3v) is 16.9. The number of aliphatic imine (C=N–C) groups is 2. The maximum absolute atomic E-state index is 13.2. The number of allylic oxidation sites excluding steroid dienone is 6. The molecule has 3 aliphatic heterocycles. The minimum absolute atomic E-state index is 0.160. The number of carbonyl (C=O) groups is 1. The quantitative estimate of drug-likeness (QED) is 0.0877. The van der Waals surface area contributed by atoms with E-state index < -0.39 is 19.8 Å². The second-order valence-corrected chi connectivity index (χ2v) is 22.1. The maximum atomic E-state index is 13.2. The van der Waals surface area contributed by atoms with Crippen LogP contribution in [0.4, 0.5) is 0 Å². The van der Waals surface area contributed by atoms with E-state index in [1.165, 1.54) is 44.6 Å². The molecule has 1 aromatic rings. The molecule has 1 N–H and O–H groups in total. The zero-order valence-corrected chi connectivity index (χ0v) is 35.0. The van der Waals surface area contributed by atoms with E-state index in [-0.39, 0.29) is 20.7 Å². The SMILES string of the molecule is CCCC(/C1=C/CCC2CC(=NC=N2)/C(COC)=C\1)=C(\c1cc(C2CCN(CC(=O)I(C)CCC3=CNCI=C3)CC2)ccc1C)C(C)C. The van der Waals surface area contributed by atoms with Crippen molar-refractivity contribution in [3.63, 3.8) is 0 Å². The fourth-order valence-corrected chi connectivity index (χ4v) is 12.3. The minimum atomic E-state index is -1.58. The summed E-state index contributed by atoms with van der Waals surface area (Å²) in [6.45, 7) is 12.6. The van der Waals surface area contributed by atoms with Crippen molar-refractivity contribution in [2.75, 3.05) is 47.3 Å². The van der Waals surface area contributed by atoms with Crippen molar-refractivity contribution in [3.05, 3.63) is 75.5 Å². The average Bonchev–Trinajstić information content (AvgIpc) is 3.16. The molecule has 3 heterocycles. The molecule has 8 heteroatoms. The van der Waals surface area contributed by atoms with Crippen LogP contribution < -0.4 is 5.32 Å². The van der Waals surface area contributed by atoms with Gasteiger partial charge < -0.3 is 4.74 Å². The van der Waals surface area contributed by atoms with Gasteiger partial charge >= 0.3 is 219 Å². The summed E-state index contributed by atoms with van der Waals surface area (Å²) < 4.78 is 11.0. The van der Waals surface area contributed by atoms with E-state index >= 15 is 0 Å². The zero-order valence-electron chi connectivity index (χ0n) is 30.7. The zero-order chi connectivity index (χ0) is 34.8. The molecule has 1 atom stereocenters. The van der Waals surface area contributed by atoms with Crippen LogP contribution >= 0.6 is 40.6 Å². The normalized spacial score (nSPS) is 23.3. The standard InChI is InChI=1S/C41H58I2N4O2/c1-7-9-37(34-10-8-11-36-22-39(46-28-45-36)35(20-34)26-49-6)41(29(2)3)38-21-33(13-12-30(38)4)32-15-18-47(19-16-32)25-40(48)43(5)17-14-31-23-42-27-44-24-31/h10,12-13,20-21,23-24,28-29,32,36,44H,7-9,11,14-19,22,25-27H2,1-6H3/b34-10+,35-20-,41-37+. The molecule has 0 saturated carbocycles.